The molecule has 1 aromatic rings. The van der Waals surface area contributed by atoms with Gasteiger partial charge in [-0.25, -0.2) is 0 Å². The molecule has 1 aliphatic rings. The van der Waals surface area contributed by atoms with E-state index in [1.54, 1.807) is 0 Å². The van der Waals surface area contributed by atoms with Crippen molar-refractivity contribution in [1.82, 2.24) is 5.32 Å². The van der Waals surface area contributed by atoms with Crippen molar-refractivity contribution in [2.24, 2.45) is 0 Å². The van der Waals surface area contributed by atoms with Crippen LogP contribution in [0.15, 0.2) is 36.5 Å². The lowest BCUT2D eigenvalue weighted by Crippen LogP contribution is -2.08. The summed E-state index contributed by atoms with van der Waals surface area (Å²) in [4.78, 5) is 0. The highest BCUT2D eigenvalue weighted by Crippen LogP contribution is 2.16. The van der Waals surface area contributed by atoms with Crippen LogP contribution in [0.2, 0.25) is 0 Å². The van der Waals surface area contributed by atoms with Gasteiger partial charge < -0.3 is 5.32 Å². The highest BCUT2D eigenvalue weighted by atomic mass is 14.9. The molecule has 1 nitrogen and oxygen atoms in total. The number of hydrogen-bond donors (Lipinski definition) is 1. The van der Waals surface area contributed by atoms with Crippen molar-refractivity contribution in [3.63, 3.8) is 0 Å². The normalized spacial score (nSPS) is 16.2. The Hall–Kier alpha value is -1.24. The predicted octanol–water partition coefficient (Wildman–Crippen LogP) is 2.24. The lowest BCUT2D eigenvalue weighted by atomic mass is 10.0. The van der Waals surface area contributed by atoms with Crippen LogP contribution in [0.3, 0.4) is 0 Å². The molecule has 0 unspecified atom stereocenters. The Labute approximate surface area is 73.1 Å². The topological polar surface area (TPSA) is 12.0 Å². The summed E-state index contributed by atoms with van der Waals surface area (Å²) in [5, 5.41) is 3.31. The molecule has 0 saturated carbocycles. The molecule has 0 atom stereocenters. The van der Waals surface area contributed by atoms with Gasteiger partial charge >= 0.3 is 0 Å². The monoisotopic (exact) mass is 159 g/mol. The van der Waals surface area contributed by atoms with Crippen LogP contribution in [0.1, 0.15) is 17.5 Å². The lowest BCUT2D eigenvalue weighted by Gasteiger charge is -2.03. The molecule has 0 fully saturated rings. The Morgan fingerprint density at radius 1 is 1.08 bits per heavy atom. The Kier molecular flexibility index (Phi) is 1.86. The van der Waals surface area contributed by atoms with E-state index in [0.717, 1.165) is 25.1 Å². The fourth-order valence-corrected chi connectivity index (χ4v) is 1.57. The molecule has 0 bridgehead atoms. The van der Waals surface area contributed by atoms with Gasteiger partial charge in [0.05, 0.1) is 0 Å². The molecule has 1 aromatic carbocycles. The minimum atomic E-state index is 0.939. The molecule has 62 valence electrons. The molecule has 1 heterocycles. The second kappa shape index (κ2) is 3.02. The first-order valence-corrected chi connectivity index (χ1v) is 4.35. The second-order valence-corrected chi connectivity index (χ2v) is 3.23. The van der Waals surface area contributed by atoms with Crippen molar-refractivity contribution >= 4 is 0 Å². The molecule has 0 aromatic heterocycles. The van der Waals surface area contributed by atoms with Crippen molar-refractivity contribution in [2.75, 3.05) is 0 Å². The molecule has 1 aliphatic heterocycles. The zero-order valence-corrected chi connectivity index (χ0v) is 7.14. The van der Waals surface area contributed by atoms with E-state index in [9.17, 15) is 0 Å². The summed E-state index contributed by atoms with van der Waals surface area (Å²) in [5.74, 6) is 0. The zero-order chi connectivity index (χ0) is 8.39. The highest BCUT2D eigenvalue weighted by Gasteiger charge is 2.06. The second-order valence-electron chi connectivity index (χ2n) is 3.23. The largest absolute Gasteiger partial charge is 0.385 e. The van der Waals surface area contributed by atoms with Crippen LogP contribution in [-0.2, 0) is 13.0 Å². The Morgan fingerprint density at radius 2 is 1.83 bits per heavy atom. The van der Waals surface area contributed by atoms with Gasteiger partial charge in [0, 0.05) is 12.2 Å². The van der Waals surface area contributed by atoms with Gasteiger partial charge in [0.15, 0.2) is 0 Å². The fourth-order valence-electron chi connectivity index (χ4n) is 1.57. The number of rotatable bonds is 0. The molecule has 12 heavy (non-hydrogen) atoms. The number of fused-ring (bicyclic) bond motifs is 1. The quantitative estimate of drug-likeness (QED) is 0.612. The van der Waals surface area contributed by atoms with E-state index < -0.39 is 0 Å². The number of aryl methyl sites for hydroxylation is 1. The maximum absolute atomic E-state index is 3.95. The fraction of sp³-hybridized carbons (Fsp3) is 0.273. The van der Waals surface area contributed by atoms with Crippen LogP contribution in [-0.4, -0.2) is 0 Å². The van der Waals surface area contributed by atoms with Crippen molar-refractivity contribution in [3.05, 3.63) is 47.7 Å². The number of allylic oxidation sites excluding steroid dienone is 1. The zero-order valence-electron chi connectivity index (χ0n) is 7.14. The average Bonchev–Trinajstić information content (AvgIpc) is 2.29. The van der Waals surface area contributed by atoms with Crippen LogP contribution in [0, 0.1) is 0 Å². The highest BCUT2D eigenvalue weighted by molar-refractivity contribution is 5.29. The summed E-state index contributed by atoms with van der Waals surface area (Å²) in [6.07, 6.45) is 2.19. The molecule has 0 saturated heterocycles. The Morgan fingerprint density at radius 3 is 2.67 bits per heavy atom. The maximum atomic E-state index is 3.95. The minimum Gasteiger partial charge on any atom is -0.385 e. The first kappa shape index (κ1) is 7.41. The van der Waals surface area contributed by atoms with Gasteiger partial charge in [-0.3, -0.25) is 0 Å². The first-order chi connectivity index (χ1) is 5.86. The van der Waals surface area contributed by atoms with Crippen LogP contribution in [0.4, 0.5) is 0 Å². The molecule has 0 radical (unpaired) electrons. The van der Waals surface area contributed by atoms with Gasteiger partial charge in [-0.15, -0.1) is 0 Å². The van der Waals surface area contributed by atoms with Gasteiger partial charge in [-0.05, 0) is 24.0 Å². The summed E-state index contributed by atoms with van der Waals surface area (Å²) >= 11 is 0. The van der Waals surface area contributed by atoms with Gasteiger partial charge in [-0.1, -0.05) is 30.8 Å². The van der Waals surface area contributed by atoms with E-state index in [-0.39, 0.29) is 0 Å². The molecule has 0 spiro atoms. The molecule has 1 heteroatoms. The third-order valence-corrected chi connectivity index (χ3v) is 2.34. The van der Waals surface area contributed by atoms with Crippen molar-refractivity contribution in [2.45, 2.75) is 19.4 Å². The smallest absolute Gasteiger partial charge is 0.0400 e. The van der Waals surface area contributed by atoms with Crippen LogP contribution in [0.5, 0.6) is 0 Å². The lowest BCUT2D eigenvalue weighted by molar-refractivity contribution is 0.789. The van der Waals surface area contributed by atoms with Crippen LogP contribution >= 0.6 is 0 Å². The maximum Gasteiger partial charge on any atom is 0.0400 e. The van der Waals surface area contributed by atoms with Gasteiger partial charge in [-0.2, -0.15) is 0 Å². The third kappa shape index (κ3) is 1.35. The summed E-state index contributed by atoms with van der Waals surface area (Å²) in [6, 6.07) is 8.58. The van der Waals surface area contributed by atoms with E-state index in [2.05, 4.69) is 36.2 Å². The number of hydrogen-bond acceptors (Lipinski definition) is 1. The number of benzene rings is 1. The third-order valence-electron chi connectivity index (χ3n) is 2.34. The average molecular weight is 159 g/mol. The molecule has 1 N–H and O–H groups in total. The SMILES string of the molecule is C=C1CCc2ccccc2CN1. The van der Waals surface area contributed by atoms with Crippen molar-refractivity contribution < 1.29 is 0 Å². The first-order valence-electron chi connectivity index (χ1n) is 4.35. The summed E-state index contributed by atoms with van der Waals surface area (Å²) < 4.78 is 0. The van der Waals surface area contributed by atoms with E-state index in [0.29, 0.717) is 0 Å². The van der Waals surface area contributed by atoms with Crippen molar-refractivity contribution in [3.8, 4) is 0 Å². The number of nitrogens with one attached hydrogen (secondary N) is 1. The van der Waals surface area contributed by atoms with Gasteiger partial charge in [0.25, 0.3) is 0 Å². The minimum absolute atomic E-state index is 0.939. The van der Waals surface area contributed by atoms with E-state index in [1.165, 1.54) is 11.1 Å². The standard InChI is InChI=1S/C11H13N/c1-9-6-7-10-4-2-3-5-11(10)8-12-9/h2-5,12H,1,6-8H2. The summed E-state index contributed by atoms with van der Waals surface area (Å²) in [6.45, 7) is 4.89. The van der Waals surface area contributed by atoms with Crippen molar-refractivity contribution in [1.29, 1.82) is 0 Å². The Bertz CT molecular complexity index is 273. The Balaban J connectivity index is 2.32. The molecule has 0 amide bonds. The van der Waals surface area contributed by atoms with Gasteiger partial charge in [0.1, 0.15) is 0 Å². The summed E-state index contributed by atoms with van der Waals surface area (Å²) in [5.41, 5.74) is 4.03. The molecular formula is C11H13N. The molecular weight excluding hydrogens is 146 g/mol. The molecule has 2 rings (SSSR count). The summed E-state index contributed by atoms with van der Waals surface area (Å²) in [7, 11) is 0. The van der Waals surface area contributed by atoms with E-state index in [4.69, 9.17) is 0 Å². The van der Waals surface area contributed by atoms with Gasteiger partial charge in [0.2, 0.25) is 0 Å². The van der Waals surface area contributed by atoms with Crippen LogP contribution in [0.25, 0.3) is 0 Å². The van der Waals surface area contributed by atoms with E-state index >= 15 is 0 Å². The predicted molar refractivity (Wildman–Crippen MR) is 50.7 cm³/mol. The van der Waals surface area contributed by atoms with Crippen LogP contribution < -0.4 is 5.32 Å². The van der Waals surface area contributed by atoms with E-state index in [1.807, 2.05) is 0 Å². The molecule has 0 aliphatic carbocycles.